The molecule has 0 saturated carbocycles. The number of hydrogen-bond acceptors (Lipinski definition) is 8. The number of rotatable bonds is 10. The predicted molar refractivity (Wildman–Crippen MR) is 174 cm³/mol. The van der Waals surface area contributed by atoms with Gasteiger partial charge in [0.15, 0.2) is 16.3 Å². The Morgan fingerprint density at radius 3 is 2.50 bits per heavy atom. The molecule has 44 heavy (non-hydrogen) atoms. The Labute approximate surface area is 268 Å². The van der Waals surface area contributed by atoms with E-state index in [-0.39, 0.29) is 18.3 Å². The second-order valence-corrected chi connectivity index (χ2v) is 12.2. The van der Waals surface area contributed by atoms with E-state index in [4.69, 9.17) is 18.9 Å². The fourth-order valence-corrected chi connectivity index (χ4v) is 6.48. The number of fused-ring (bicyclic) bond motifs is 1. The summed E-state index contributed by atoms with van der Waals surface area (Å²) in [5, 5.41) is 0. The van der Waals surface area contributed by atoms with Crippen LogP contribution in [0.5, 0.6) is 17.2 Å². The van der Waals surface area contributed by atoms with Crippen molar-refractivity contribution in [2.45, 2.75) is 46.4 Å². The summed E-state index contributed by atoms with van der Waals surface area (Å²) in [5.74, 6) is 1.24. The number of thiazole rings is 1. The van der Waals surface area contributed by atoms with Gasteiger partial charge in [-0.1, -0.05) is 53.8 Å². The van der Waals surface area contributed by atoms with Crippen LogP contribution in [0.4, 0.5) is 0 Å². The molecule has 0 unspecified atom stereocenters. The van der Waals surface area contributed by atoms with E-state index in [0.717, 1.165) is 15.6 Å². The zero-order chi connectivity index (χ0) is 31.4. The SMILES string of the molecule is CCOC(=O)C1=C(C)N=c2s/c(=C\c3ccc(OCc4ccccc4)c(Br)c3)c(=O)n2[C@H]1c1ccc(OC(C)C)c(OC)c1. The van der Waals surface area contributed by atoms with Crippen LogP contribution in [0.2, 0.25) is 0 Å². The van der Waals surface area contributed by atoms with E-state index in [1.807, 2.05) is 74.5 Å². The predicted octanol–water partition coefficient (Wildman–Crippen LogP) is 5.94. The van der Waals surface area contributed by atoms with Crippen molar-refractivity contribution in [1.82, 2.24) is 4.57 Å². The maximum atomic E-state index is 14.0. The van der Waals surface area contributed by atoms with Gasteiger partial charge < -0.3 is 18.9 Å². The quantitative estimate of drug-likeness (QED) is 0.193. The van der Waals surface area contributed by atoms with Crippen LogP contribution in [0.1, 0.15) is 50.4 Å². The van der Waals surface area contributed by atoms with Crippen LogP contribution in [0.15, 0.2) is 92.3 Å². The molecule has 8 nitrogen and oxygen atoms in total. The highest BCUT2D eigenvalue weighted by Gasteiger charge is 2.34. The monoisotopic (exact) mass is 676 g/mol. The lowest BCUT2D eigenvalue weighted by Gasteiger charge is -2.25. The van der Waals surface area contributed by atoms with E-state index in [2.05, 4.69) is 20.9 Å². The first-order valence-electron chi connectivity index (χ1n) is 14.2. The number of carbonyl (C=O) groups excluding carboxylic acids is 1. The molecule has 0 aliphatic carbocycles. The molecule has 2 heterocycles. The third kappa shape index (κ3) is 6.66. The van der Waals surface area contributed by atoms with Gasteiger partial charge in [0.2, 0.25) is 0 Å². The second-order valence-electron chi connectivity index (χ2n) is 10.3. The van der Waals surface area contributed by atoms with Crippen LogP contribution in [-0.2, 0) is 16.1 Å². The van der Waals surface area contributed by atoms with Crippen molar-refractivity contribution >= 4 is 39.3 Å². The van der Waals surface area contributed by atoms with Crippen molar-refractivity contribution in [2.24, 2.45) is 4.99 Å². The molecule has 0 N–H and O–H groups in total. The third-order valence-corrected chi connectivity index (χ3v) is 8.48. The minimum atomic E-state index is -0.769. The van der Waals surface area contributed by atoms with Crippen LogP contribution in [0.25, 0.3) is 6.08 Å². The summed E-state index contributed by atoms with van der Waals surface area (Å²) < 4.78 is 25.7. The van der Waals surface area contributed by atoms with Gasteiger partial charge >= 0.3 is 5.97 Å². The summed E-state index contributed by atoms with van der Waals surface area (Å²) >= 11 is 4.87. The molecule has 0 spiro atoms. The maximum Gasteiger partial charge on any atom is 0.338 e. The molecule has 0 saturated heterocycles. The first kappa shape index (κ1) is 31.3. The van der Waals surface area contributed by atoms with Gasteiger partial charge in [-0.3, -0.25) is 9.36 Å². The Bertz CT molecular complexity index is 1890. The Balaban J connectivity index is 1.56. The molecule has 1 aliphatic heterocycles. The third-order valence-electron chi connectivity index (χ3n) is 6.87. The van der Waals surface area contributed by atoms with Gasteiger partial charge in [0.25, 0.3) is 5.56 Å². The van der Waals surface area contributed by atoms with E-state index in [1.165, 1.54) is 11.3 Å². The first-order chi connectivity index (χ1) is 21.2. The fourth-order valence-electron chi connectivity index (χ4n) is 4.92. The number of esters is 1. The number of hydrogen-bond donors (Lipinski definition) is 0. The topological polar surface area (TPSA) is 88.4 Å². The first-order valence-corrected chi connectivity index (χ1v) is 15.8. The number of halogens is 1. The van der Waals surface area contributed by atoms with Gasteiger partial charge in [-0.25, -0.2) is 9.79 Å². The minimum absolute atomic E-state index is 0.0609. The van der Waals surface area contributed by atoms with Crippen LogP contribution < -0.4 is 29.1 Å². The number of carbonyl (C=O) groups is 1. The van der Waals surface area contributed by atoms with Gasteiger partial charge in [0.1, 0.15) is 12.4 Å². The smallest absolute Gasteiger partial charge is 0.338 e. The van der Waals surface area contributed by atoms with Crippen molar-refractivity contribution in [2.75, 3.05) is 13.7 Å². The Hall–Kier alpha value is -4.15. The summed E-state index contributed by atoms with van der Waals surface area (Å²) in [6, 6.07) is 20.3. The zero-order valence-corrected chi connectivity index (χ0v) is 27.5. The molecule has 1 aromatic heterocycles. The van der Waals surface area contributed by atoms with Crippen molar-refractivity contribution in [3.63, 3.8) is 0 Å². The van der Waals surface area contributed by atoms with Gasteiger partial charge in [-0.2, -0.15) is 0 Å². The average Bonchev–Trinajstić information content (AvgIpc) is 3.30. The highest BCUT2D eigenvalue weighted by molar-refractivity contribution is 9.10. The summed E-state index contributed by atoms with van der Waals surface area (Å²) in [6.45, 7) is 8.00. The number of benzene rings is 3. The van der Waals surface area contributed by atoms with E-state index in [1.54, 1.807) is 37.7 Å². The summed E-state index contributed by atoms with van der Waals surface area (Å²) in [6.07, 6.45) is 1.75. The lowest BCUT2D eigenvalue weighted by atomic mass is 9.95. The average molecular weight is 678 g/mol. The van der Waals surface area contributed by atoms with Crippen molar-refractivity contribution in [1.29, 1.82) is 0 Å². The standard InChI is InChI=1S/C34H33BrN2O6S/c1-6-41-33(39)30-21(4)36-34-37(31(30)24-13-15-27(43-20(2)3)28(18-24)40-5)32(38)29(44-34)17-23-12-14-26(25(35)16-23)42-19-22-10-8-7-9-11-22/h7-18,20,31H,6,19H2,1-5H3/b29-17-/t31-/m0/s1. The zero-order valence-electron chi connectivity index (χ0n) is 25.1. The highest BCUT2D eigenvalue weighted by atomic mass is 79.9. The van der Waals surface area contributed by atoms with Crippen molar-refractivity contribution < 1.29 is 23.7 Å². The highest BCUT2D eigenvalue weighted by Crippen LogP contribution is 2.36. The summed E-state index contributed by atoms with van der Waals surface area (Å²) in [7, 11) is 1.56. The molecule has 5 rings (SSSR count). The van der Waals surface area contributed by atoms with Gasteiger partial charge in [-0.05, 0) is 90.7 Å². The number of ether oxygens (including phenoxy) is 4. The van der Waals surface area contributed by atoms with Crippen LogP contribution in [0.3, 0.4) is 0 Å². The van der Waals surface area contributed by atoms with Crippen molar-refractivity contribution in [3.05, 3.63) is 119 Å². The number of aromatic nitrogens is 1. The molecule has 10 heteroatoms. The normalized spacial score (nSPS) is 14.7. The summed E-state index contributed by atoms with van der Waals surface area (Å²) in [4.78, 5) is 32.4. The largest absolute Gasteiger partial charge is 0.493 e. The fraction of sp³-hybridized carbons (Fsp3) is 0.265. The number of methoxy groups -OCH3 is 1. The molecule has 4 aromatic rings. The van der Waals surface area contributed by atoms with E-state index >= 15 is 0 Å². The van der Waals surface area contributed by atoms with E-state index in [0.29, 0.717) is 50.0 Å². The number of allylic oxidation sites excluding steroid dienone is 1. The van der Waals surface area contributed by atoms with E-state index in [9.17, 15) is 9.59 Å². The molecule has 1 atom stereocenters. The van der Waals surface area contributed by atoms with Gasteiger partial charge in [-0.15, -0.1) is 0 Å². The molecule has 0 amide bonds. The van der Waals surface area contributed by atoms with Crippen LogP contribution in [-0.4, -0.2) is 30.4 Å². The van der Waals surface area contributed by atoms with Crippen molar-refractivity contribution in [3.8, 4) is 17.2 Å². The molecule has 1 aliphatic rings. The summed E-state index contributed by atoms with van der Waals surface area (Å²) in [5.41, 5.74) is 3.07. The Morgan fingerprint density at radius 1 is 1.07 bits per heavy atom. The Kier molecular flexibility index (Phi) is 9.71. The lowest BCUT2D eigenvalue weighted by Crippen LogP contribution is -2.40. The van der Waals surface area contributed by atoms with Gasteiger partial charge in [0, 0.05) is 0 Å². The van der Waals surface area contributed by atoms with E-state index < -0.39 is 12.0 Å². The maximum absolute atomic E-state index is 14.0. The minimum Gasteiger partial charge on any atom is -0.493 e. The molecular weight excluding hydrogens is 644 g/mol. The van der Waals surface area contributed by atoms with Crippen LogP contribution >= 0.6 is 27.3 Å². The molecule has 3 aromatic carbocycles. The Morgan fingerprint density at radius 2 is 1.82 bits per heavy atom. The molecular formula is C34H33BrN2O6S. The van der Waals surface area contributed by atoms with Gasteiger partial charge in [0.05, 0.1) is 46.1 Å². The van der Waals surface area contributed by atoms with Crippen LogP contribution in [0, 0.1) is 0 Å². The second kappa shape index (κ2) is 13.7. The molecule has 228 valence electrons. The molecule has 0 bridgehead atoms. The molecule has 0 radical (unpaired) electrons. The molecule has 0 fully saturated rings. The number of nitrogens with zero attached hydrogens (tertiary/aromatic N) is 2. The lowest BCUT2D eigenvalue weighted by molar-refractivity contribution is -0.139.